The Balaban J connectivity index is 2.22. The Morgan fingerprint density at radius 1 is 0.771 bits per heavy atom. The van der Waals surface area contributed by atoms with Crippen molar-refractivity contribution in [1.82, 2.24) is 0 Å². The predicted octanol–water partition coefficient (Wildman–Crippen LogP) is 5.98. The van der Waals surface area contributed by atoms with Crippen LogP contribution in [0.4, 0.5) is 11.4 Å². The molecule has 0 saturated carbocycles. The maximum absolute atomic E-state index is 12.8. The Labute approximate surface area is 215 Å². The maximum Gasteiger partial charge on any atom is 0.231 e. The minimum absolute atomic E-state index is 0.211. The zero-order valence-electron chi connectivity index (χ0n) is 20.8. The molecule has 3 aromatic carbocycles. The molecule has 0 spiro atoms. The molecule has 184 valence electrons. The number of halogens is 1. The van der Waals surface area contributed by atoms with E-state index in [0.29, 0.717) is 0 Å². The highest BCUT2D eigenvalue weighted by molar-refractivity contribution is 9.10. The van der Waals surface area contributed by atoms with Gasteiger partial charge in [-0.15, -0.1) is 0 Å². The van der Waals surface area contributed by atoms with E-state index >= 15 is 0 Å². The highest BCUT2D eigenvalue weighted by Gasteiger charge is 2.44. The Morgan fingerprint density at radius 2 is 1.17 bits per heavy atom. The summed E-state index contributed by atoms with van der Waals surface area (Å²) in [4.78, 5) is 28.6. The molecule has 0 amide bonds. The summed E-state index contributed by atoms with van der Waals surface area (Å²) >= 11 is 3.44. The summed E-state index contributed by atoms with van der Waals surface area (Å²) in [5, 5.41) is 12.8. The first-order valence-corrected chi connectivity index (χ1v) is 12.3. The number of hydrogen-bond donors (Lipinski definition) is 0. The number of nitro groups is 1. The molecule has 3 atom stereocenters. The summed E-state index contributed by atoms with van der Waals surface area (Å²) in [6.07, 6.45) is 0.824. The van der Waals surface area contributed by atoms with E-state index in [1.807, 2.05) is 111 Å². The molecule has 0 radical (unpaired) electrons. The lowest BCUT2D eigenvalue weighted by molar-refractivity contribution is -0.530. The van der Waals surface area contributed by atoms with Gasteiger partial charge in [0.1, 0.15) is 6.29 Å². The highest BCUT2D eigenvalue weighted by Crippen LogP contribution is 2.41. The Bertz CT molecular complexity index is 1080. The van der Waals surface area contributed by atoms with Crippen LogP contribution in [0.3, 0.4) is 0 Å². The Hall–Kier alpha value is -3.19. The van der Waals surface area contributed by atoms with E-state index in [2.05, 4.69) is 15.9 Å². The number of hydrogen-bond acceptors (Lipinski definition) is 5. The molecule has 35 heavy (non-hydrogen) atoms. The van der Waals surface area contributed by atoms with Crippen molar-refractivity contribution in [3.8, 4) is 0 Å². The van der Waals surface area contributed by atoms with Crippen molar-refractivity contribution in [3.63, 3.8) is 0 Å². The molecule has 6 nitrogen and oxygen atoms in total. The van der Waals surface area contributed by atoms with Crippen LogP contribution in [0.1, 0.15) is 35.4 Å². The van der Waals surface area contributed by atoms with Crippen molar-refractivity contribution in [1.29, 1.82) is 0 Å². The molecule has 0 fully saturated rings. The summed E-state index contributed by atoms with van der Waals surface area (Å²) in [7, 11) is 7.84. The molecule has 0 saturated heterocycles. The molecule has 0 aliphatic carbocycles. The lowest BCUT2D eigenvalue weighted by atomic mass is 9.72. The monoisotopic (exact) mass is 537 g/mol. The van der Waals surface area contributed by atoms with Gasteiger partial charge in [0, 0.05) is 54.9 Å². The third kappa shape index (κ3) is 6.09. The normalized spacial score (nSPS) is 13.7. The number of aldehydes is 1. The predicted molar refractivity (Wildman–Crippen MR) is 146 cm³/mol. The number of carbonyl (C=O) groups excluding carboxylic acids is 1. The van der Waals surface area contributed by atoms with Crippen LogP contribution in [-0.4, -0.2) is 45.4 Å². The maximum atomic E-state index is 12.8. The van der Waals surface area contributed by atoms with Gasteiger partial charge in [-0.2, -0.15) is 0 Å². The first-order valence-electron chi connectivity index (χ1n) is 11.5. The van der Waals surface area contributed by atoms with E-state index in [1.54, 1.807) is 6.92 Å². The average molecular weight is 538 g/mol. The summed E-state index contributed by atoms with van der Waals surface area (Å²) in [5.41, 5.74) is 4.48. The van der Waals surface area contributed by atoms with Gasteiger partial charge in [0.05, 0.1) is 11.8 Å². The van der Waals surface area contributed by atoms with Gasteiger partial charge in [0.2, 0.25) is 6.04 Å². The van der Waals surface area contributed by atoms with Crippen LogP contribution in [0.5, 0.6) is 0 Å². The summed E-state index contributed by atoms with van der Waals surface area (Å²) in [5.74, 6) is -1.70. The first-order chi connectivity index (χ1) is 16.6. The molecule has 0 bridgehead atoms. The second kappa shape index (κ2) is 11.5. The SMILES string of the molecule is C[C@@H](C=O)[C@@H](c1ccc(Br)cc1)[C@H](C(c1ccc(N(C)C)cc1)c1ccc(N(C)C)cc1)[N+](=O)[O-]. The van der Waals surface area contributed by atoms with Gasteiger partial charge in [-0.25, -0.2) is 0 Å². The smallest absolute Gasteiger partial charge is 0.231 e. The minimum Gasteiger partial charge on any atom is -0.378 e. The largest absolute Gasteiger partial charge is 0.378 e. The van der Waals surface area contributed by atoms with Crippen molar-refractivity contribution in [3.05, 3.63) is 104 Å². The van der Waals surface area contributed by atoms with Crippen molar-refractivity contribution in [2.24, 2.45) is 5.92 Å². The van der Waals surface area contributed by atoms with Gasteiger partial charge >= 0.3 is 0 Å². The molecular weight excluding hydrogens is 506 g/mol. The van der Waals surface area contributed by atoms with Gasteiger partial charge in [-0.1, -0.05) is 59.3 Å². The van der Waals surface area contributed by atoms with Gasteiger partial charge in [0.25, 0.3) is 0 Å². The van der Waals surface area contributed by atoms with Gasteiger partial charge in [0.15, 0.2) is 0 Å². The fourth-order valence-electron chi connectivity index (χ4n) is 4.59. The standard InChI is InChI=1S/C28H32BrN3O3/c1-19(18-33)26(20-6-12-23(29)13-7-20)28(32(34)35)27(21-8-14-24(15-9-21)30(2)3)22-10-16-25(17-11-22)31(4)5/h6-19,26-28H,1-5H3/t19-,26-,28+/m0/s1. The van der Waals surface area contributed by atoms with Crippen LogP contribution in [0.15, 0.2) is 77.3 Å². The second-order valence-corrected chi connectivity index (χ2v) is 10.2. The van der Waals surface area contributed by atoms with Crippen molar-refractivity contribution >= 4 is 33.6 Å². The Morgan fingerprint density at radius 3 is 1.51 bits per heavy atom. The van der Waals surface area contributed by atoms with Crippen LogP contribution < -0.4 is 9.80 Å². The van der Waals surface area contributed by atoms with Crippen molar-refractivity contribution in [2.45, 2.75) is 24.8 Å². The molecule has 0 aromatic heterocycles. The van der Waals surface area contributed by atoms with Crippen LogP contribution in [0.2, 0.25) is 0 Å². The van der Waals surface area contributed by atoms with E-state index < -0.39 is 23.8 Å². The molecule has 0 heterocycles. The van der Waals surface area contributed by atoms with E-state index in [4.69, 9.17) is 0 Å². The molecule has 7 heteroatoms. The molecule has 0 N–H and O–H groups in total. The average Bonchev–Trinajstić information content (AvgIpc) is 2.84. The third-order valence-corrected chi connectivity index (χ3v) is 7.05. The van der Waals surface area contributed by atoms with Gasteiger partial charge in [-0.3, -0.25) is 10.1 Å². The van der Waals surface area contributed by atoms with Crippen molar-refractivity contribution in [2.75, 3.05) is 38.0 Å². The Kier molecular flexibility index (Phi) is 8.67. The van der Waals surface area contributed by atoms with E-state index in [9.17, 15) is 14.9 Å². The summed E-state index contributed by atoms with van der Waals surface area (Å²) in [6, 6.07) is 22.2. The quantitative estimate of drug-likeness (QED) is 0.181. The molecule has 3 aromatic rings. The van der Waals surface area contributed by atoms with Gasteiger partial charge < -0.3 is 14.6 Å². The highest BCUT2D eigenvalue weighted by atomic mass is 79.9. The van der Waals surface area contributed by atoms with E-state index in [0.717, 1.165) is 38.8 Å². The van der Waals surface area contributed by atoms with Crippen LogP contribution in [0.25, 0.3) is 0 Å². The molecule has 3 rings (SSSR count). The fraction of sp³-hybridized carbons (Fsp3) is 0.321. The zero-order valence-corrected chi connectivity index (χ0v) is 22.3. The molecule has 0 aliphatic rings. The van der Waals surface area contributed by atoms with Crippen LogP contribution >= 0.6 is 15.9 Å². The molecular formula is C28H32BrN3O3. The van der Waals surface area contributed by atoms with Gasteiger partial charge in [-0.05, 0) is 53.1 Å². The minimum atomic E-state index is -1.05. The number of anilines is 2. The summed E-state index contributed by atoms with van der Waals surface area (Å²) in [6.45, 7) is 1.76. The first kappa shape index (κ1) is 26.4. The topological polar surface area (TPSA) is 66.7 Å². The second-order valence-electron chi connectivity index (χ2n) is 9.30. The third-order valence-electron chi connectivity index (χ3n) is 6.53. The molecule has 0 unspecified atom stereocenters. The molecule has 0 aliphatic heterocycles. The van der Waals surface area contributed by atoms with Crippen molar-refractivity contribution < 1.29 is 9.72 Å². The van der Waals surface area contributed by atoms with E-state index in [-0.39, 0.29) is 4.92 Å². The van der Waals surface area contributed by atoms with Crippen LogP contribution in [-0.2, 0) is 4.79 Å². The van der Waals surface area contributed by atoms with E-state index in [1.165, 1.54) is 0 Å². The zero-order chi connectivity index (χ0) is 25.7. The lowest BCUT2D eigenvalue weighted by Crippen LogP contribution is -2.38. The fourth-order valence-corrected chi connectivity index (χ4v) is 4.85. The number of rotatable bonds is 10. The number of benzene rings is 3. The number of carbonyl (C=O) groups is 1. The van der Waals surface area contributed by atoms with Crippen LogP contribution in [0, 0.1) is 16.0 Å². The summed E-state index contributed by atoms with van der Waals surface area (Å²) < 4.78 is 0.881. The lowest BCUT2D eigenvalue weighted by Gasteiger charge is -2.31. The number of nitrogens with zero attached hydrogens (tertiary/aromatic N) is 3.